The molecule has 0 bridgehead atoms. The fourth-order valence-electron chi connectivity index (χ4n) is 0.593. The molecule has 1 unspecified atom stereocenters. The van der Waals surface area contributed by atoms with E-state index in [4.69, 9.17) is 4.74 Å². The van der Waals surface area contributed by atoms with E-state index in [0.29, 0.717) is 13.2 Å². The van der Waals surface area contributed by atoms with Gasteiger partial charge in [-0.2, -0.15) is 0 Å². The lowest BCUT2D eigenvalue weighted by atomic mass is 10.5. The monoisotopic (exact) mass is 131 g/mol. The van der Waals surface area contributed by atoms with Crippen molar-refractivity contribution in [2.75, 3.05) is 13.2 Å². The lowest BCUT2D eigenvalue weighted by Crippen LogP contribution is -2.38. The molecular formula is C4H7N2O3. The van der Waals surface area contributed by atoms with Crippen molar-refractivity contribution in [2.24, 2.45) is 0 Å². The maximum absolute atomic E-state index is 9.96. The van der Waals surface area contributed by atoms with E-state index in [1.54, 1.807) is 0 Å². The number of hydrogen-bond donors (Lipinski definition) is 1. The molecule has 0 aromatic carbocycles. The molecule has 0 aromatic rings. The highest BCUT2D eigenvalue weighted by Crippen LogP contribution is 1.98. The van der Waals surface area contributed by atoms with Crippen LogP contribution in [-0.2, 0) is 4.74 Å². The number of ether oxygens (including phenoxy) is 1. The predicted molar refractivity (Wildman–Crippen MR) is 29.0 cm³/mol. The topological polar surface area (TPSA) is 64.4 Å². The molecule has 1 radical (unpaired) electrons. The summed E-state index contributed by atoms with van der Waals surface area (Å²) in [5, 5.41) is 12.7. The van der Waals surface area contributed by atoms with Crippen LogP contribution in [0.2, 0.25) is 0 Å². The van der Waals surface area contributed by atoms with Crippen molar-refractivity contribution in [3.05, 3.63) is 16.7 Å². The van der Waals surface area contributed by atoms with Gasteiger partial charge < -0.3 is 10.1 Å². The summed E-state index contributed by atoms with van der Waals surface area (Å²) in [6.07, 6.45) is -0.959. The SMILES string of the molecule is O=[N+]([O-])C1[CH]NCCO1. The van der Waals surface area contributed by atoms with Crippen molar-refractivity contribution < 1.29 is 9.66 Å². The Hall–Kier alpha value is -0.680. The van der Waals surface area contributed by atoms with Crippen LogP contribution in [0.15, 0.2) is 0 Å². The summed E-state index contributed by atoms with van der Waals surface area (Å²) >= 11 is 0. The molecule has 1 saturated heterocycles. The van der Waals surface area contributed by atoms with Crippen LogP contribution in [0.5, 0.6) is 0 Å². The maximum Gasteiger partial charge on any atom is 0.332 e. The van der Waals surface area contributed by atoms with Gasteiger partial charge in [-0.05, 0) is 0 Å². The first-order valence-corrected chi connectivity index (χ1v) is 2.62. The Balaban J connectivity index is 2.31. The predicted octanol–water partition coefficient (Wildman–Crippen LogP) is -0.629. The zero-order chi connectivity index (χ0) is 6.69. The fraction of sp³-hybridized carbons (Fsp3) is 0.750. The molecule has 0 aromatic heterocycles. The van der Waals surface area contributed by atoms with Crippen molar-refractivity contribution >= 4 is 0 Å². The van der Waals surface area contributed by atoms with Crippen LogP contribution in [0.1, 0.15) is 0 Å². The van der Waals surface area contributed by atoms with Crippen molar-refractivity contribution in [1.82, 2.24) is 5.32 Å². The second kappa shape index (κ2) is 2.75. The maximum atomic E-state index is 9.96. The summed E-state index contributed by atoms with van der Waals surface area (Å²) < 4.78 is 4.72. The number of nitrogens with one attached hydrogen (secondary N) is 1. The van der Waals surface area contributed by atoms with E-state index >= 15 is 0 Å². The summed E-state index contributed by atoms with van der Waals surface area (Å²) in [6.45, 7) is 2.40. The van der Waals surface area contributed by atoms with E-state index in [2.05, 4.69) is 5.32 Å². The average Bonchev–Trinajstić information content (AvgIpc) is 1.90. The van der Waals surface area contributed by atoms with Crippen LogP contribution in [0.4, 0.5) is 0 Å². The lowest BCUT2D eigenvalue weighted by molar-refractivity contribution is -0.569. The molecule has 5 nitrogen and oxygen atoms in total. The Morgan fingerprint density at radius 2 is 2.67 bits per heavy atom. The third-order valence-corrected chi connectivity index (χ3v) is 1.00. The number of nitrogens with zero attached hydrogens (tertiary/aromatic N) is 1. The molecule has 1 N–H and O–H groups in total. The minimum absolute atomic E-state index is 0.405. The molecule has 1 aliphatic heterocycles. The van der Waals surface area contributed by atoms with Gasteiger partial charge in [-0.15, -0.1) is 0 Å². The molecular weight excluding hydrogens is 124 g/mol. The molecule has 1 aliphatic rings. The first kappa shape index (κ1) is 6.44. The van der Waals surface area contributed by atoms with Gasteiger partial charge in [0, 0.05) is 6.54 Å². The van der Waals surface area contributed by atoms with Gasteiger partial charge in [0.25, 0.3) is 0 Å². The van der Waals surface area contributed by atoms with E-state index in [-0.39, 0.29) is 0 Å². The molecule has 0 amide bonds. The van der Waals surface area contributed by atoms with Crippen LogP contribution in [0.25, 0.3) is 0 Å². The third kappa shape index (κ3) is 1.62. The van der Waals surface area contributed by atoms with Crippen LogP contribution >= 0.6 is 0 Å². The van der Waals surface area contributed by atoms with Gasteiger partial charge in [-0.1, -0.05) is 0 Å². The highest BCUT2D eigenvalue weighted by atomic mass is 16.7. The summed E-state index contributed by atoms with van der Waals surface area (Å²) in [7, 11) is 0. The van der Waals surface area contributed by atoms with Gasteiger partial charge in [0.15, 0.2) is 0 Å². The normalized spacial score (nSPS) is 27.8. The molecule has 51 valence electrons. The summed E-state index contributed by atoms with van der Waals surface area (Å²) in [4.78, 5) is 9.48. The van der Waals surface area contributed by atoms with Crippen LogP contribution in [-0.4, -0.2) is 24.3 Å². The van der Waals surface area contributed by atoms with Crippen molar-refractivity contribution in [3.63, 3.8) is 0 Å². The number of nitro groups is 1. The Morgan fingerprint density at radius 1 is 1.89 bits per heavy atom. The Morgan fingerprint density at radius 3 is 3.00 bits per heavy atom. The van der Waals surface area contributed by atoms with E-state index in [0.717, 1.165) is 0 Å². The van der Waals surface area contributed by atoms with Gasteiger partial charge in [-0.3, -0.25) is 10.1 Å². The molecule has 5 heteroatoms. The van der Waals surface area contributed by atoms with Gasteiger partial charge in [0.2, 0.25) is 0 Å². The number of rotatable bonds is 1. The Labute approximate surface area is 52.1 Å². The fourth-order valence-corrected chi connectivity index (χ4v) is 0.593. The largest absolute Gasteiger partial charge is 0.332 e. The van der Waals surface area contributed by atoms with Crippen molar-refractivity contribution in [2.45, 2.75) is 6.23 Å². The van der Waals surface area contributed by atoms with Gasteiger partial charge >= 0.3 is 6.23 Å². The molecule has 9 heavy (non-hydrogen) atoms. The molecule has 1 heterocycles. The highest BCUT2D eigenvalue weighted by molar-refractivity contribution is 4.69. The minimum Gasteiger partial charge on any atom is -0.315 e. The van der Waals surface area contributed by atoms with E-state index in [1.807, 2.05) is 0 Å². The summed E-state index contributed by atoms with van der Waals surface area (Å²) in [6, 6.07) is 0. The van der Waals surface area contributed by atoms with E-state index in [1.165, 1.54) is 6.54 Å². The minimum atomic E-state index is -0.959. The summed E-state index contributed by atoms with van der Waals surface area (Å²) in [5.41, 5.74) is 0. The zero-order valence-electron chi connectivity index (χ0n) is 4.74. The van der Waals surface area contributed by atoms with Crippen molar-refractivity contribution in [1.29, 1.82) is 0 Å². The standard InChI is InChI=1S/C4H7N2O3/c7-6(8)4-3-5-1-2-9-4/h3-5H,1-2H2. The average molecular weight is 131 g/mol. The molecule has 1 fully saturated rings. The molecule has 0 spiro atoms. The van der Waals surface area contributed by atoms with E-state index < -0.39 is 11.2 Å². The number of morpholine rings is 1. The molecule has 1 rings (SSSR count). The smallest absolute Gasteiger partial charge is 0.315 e. The van der Waals surface area contributed by atoms with E-state index in [9.17, 15) is 10.1 Å². The first-order chi connectivity index (χ1) is 4.30. The van der Waals surface area contributed by atoms with Gasteiger partial charge in [0.05, 0.1) is 11.5 Å². The number of hydrogen-bond acceptors (Lipinski definition) is 4. The van der Waals surface area contributed by atoms with Gasteiger partial charge in [0.1, 0.15) is 6.54 Å². The third-order valence-electron chi connectivity index (χ3n) is 1.00. The quantitative estimate of drug-likeness (QED) is 0.380. The lowest BCUT2D eigenvalue weighted by Gasteiger charge is -2.15. The second-order valence-electron chi connectivity index (χ2n) is 1.67. The first-order valence-electron chi connectivity index (χ1n) is 2.62. The second-order valence-corrected chi connectivity index (χ2v) is 1.67. The molecule has 0 saturated carbocycles. The molecule has 0 aliphatic carbocycles. The van der Waals surface area contributed by atoms with Crippen LogP contribution in [0, 0.1) is 16.7 Å². The molecule has 1 atom stereocenters. The van der Waals surface area contributed by atoms with Crippen molar-refractivity contribution in [3.8, 4) is 0 Å². The Bertz CT molecular complexity index is 110. The summed E-state index contributed by atoms with van der Waals surface area (Å²) in [5.74, 6) is 0. The van der Waals surface area contributed by atoms with Crippen LogP contribution < -0.4 is 5.32 Å². The highest BCUT2D eigenvalue weighted by Gasteiger charge is 2.23. The van der Waals surface area contributed by atoms with Crippen LogP contribution in [0.3, 0.4) is 0 Å². The Kier molecular flexibility index (Phi) is 1.96. The van der Waals surface area contributed by atoms with Gasteiger partial charge in [-0.25, -0.2) is 0 Å². The zero-order valence-corrected chi connectivity index (χ0v) is 4.74.